The van der Waals surface area contributed by atoms with E-state index in [2.05, 4.69) is 47.3 Å². The molecule has 0 radical (unpaired) electrons. The summed E-state index contributed by atoms with van der Waals surface area (Å²) in [7, 11) is 0. The predicted molar refractivity (Wildman–Crippen MR) is 122 cm³/mol. The molecule has 1 atom stereocenters. The van der Waals surface area contributed by atoms with Crippen molar-refractivity contribution in [2.75, 3.05) is 12.3 Å². The molecule has 1 amide bonds. The molecule has 1 unspecified atom stereocenters. The molecular formula is C25H30N4O. The van der Waals surface area contributed by atoms with Gasteiger partial charge in [0.2, 0.25) is 5.91 Å². The highest BCUT2D eigenvalue weighted by Gasteiger charge is 2.36. The first-order chi connectivity index (χ1) is 14.3. The maximum atomic E-state index is 12.5. The fourth-order valence-corrected chi connectivity index (χ4v) is 3.88. The Morgan fingerprint density at radius 2 is 2.07 bits per heavy atom. The second-order valence-corrected chi connectivity index (χ2v) is 9.07. The Labute approximate surface area is 178 Å². The van der Waals surface area contributed by atoms with E-state index in [1.54, 1.807) is 0 Å². The Hall–Kier alpha value is -2.95. The van der Waals surface area contributed by atoms with Gasteiger partial charge >= 0.3 is 0 Å². The number of nitrogens with zero attached hydrogens (tertiary/aromatic N) is 2. The first-order valence-corrected chi connectivity index (χ1v) is 10.7. The zero-order chi connectivity index (χ0) is 21.3. The summed E-state index contributed by atoms with van der Waals surface area (Å²) in [6.45, 7) is 7.04. The maximum Gasteiger partial charge on any atom is 0.223 e. The summed E-state index contributed by atoms with van der Waals surface area (Å²) in [5.41, 5.74) is 11.6. The van der Waals surface area contributed by atoms with Crippen LogP contribution in [0.1, 0.15) is 44.2 Å². The van der Waals surface area contributed by atoms with Crippen molar-refractivity contribution in [3.05, 3.63) is 53.7 Å². The number of fused-ring (bicyclic) bond motifs is 1. The molecule has 0 aliphatic heterocycles. The predicted octanol–water partition coefficient (Wildman–Crippen LogP) is 4.67. The van der Waals surface area contributed by atoms with Crippen molar-refractivity contribution >= 4 is 22.6 Å². The summed E-state index contributed by atoms with van der Waals surface area (Å²) < 4.78 is 0. The number of aryl methyl sites for hydroxylation is 1. The van der Waals surface area contributed by atoms with Crippen molar-refractivity contribution in [2.45, 2.75) is 46.5 Å². The largest absolute Gasteiger partial charge is 0.383 e. The van der Waals surface area contributed by atoms with Crippen molar-refractivity contribution in [1.29, 1.82) is 0 Å². The third-order valence-electron chi connectivity index (χ3n) is 6.32. The minimum absolute atomic E-state index is 0.0802. The van der Waals surface area contributed by atoms with E-state index in [0.717, 1.165) is 46.3 Å². The molecule has 0 spiro atoms. The molecule has 1 aliphatic carbocycles. The van der Waals surface area contributed by atoms with Crippen LogP contribution in [0.4, 0.5) is 5.82 Å². The Morgan fingerprint density at radius 3 is 2.80 bits per heavy atom. The molecule has 1 aliphatic rings. The van der Waals surface area contributed by atoms with E-state index in [0.29, 0.717) is 17.7 Å². The van der Waals surface area contributed by atoms with Gasteiger partial charge in [0.05, 0.1) is 11.2 Å². The number of nitrogen functional groups attached to an aromatic ring is 1. The zero-order valence-electron chi connectivity index (χ0n) is 18.0. The summed E-state index contributed by atoms with van der Waals surface area (Å²) in [5, 5.41) is 4.09. The van der Waals surface area contributed by atoms with Crippen molar-refractivity contribution in [2.24, 2.45) is 11.3 Å². The summed E-state index contributed by atoms with van der Waals surface area (Å²) in [6.07, 6.45) is 5.99. The number of aromatic nitrogens is 2. The molecule has 3 aromatic rings. The monoisotopic (exact) mass is 402 g/mol. The first-order valence-electron chi connectivity index (χ1n) is 10.7. The molecule has 5 nitrogen and oxygen atoms in total. The smallest absolute Gasteiger partial charge is 0.223 e. The van der Waals surface area contributed by atoms with Gasteiger partial charge < -0.3 is 11.1 Å². The molecule has 2 aromatic heterocycles. The third-order valence-corrected chi connectivity index (χ3v) is 6.32. The van der Waals surface area contributed by atoms with Crippen LogP contribution in [0, 0.1) is 18.3 Å². The van der Waals surface area contributed by atoms with Gasteiger partial charge in [-0.1, -0.05) is 26.0 Å². The van der Waals surface area contributed by atoms with Crippen LogP contribution in [0.15, 0.2) is 42.6 Å². The minimum atomic E-state index is -0.153. The van der Waals surface area contributed by atoms with Crippen LogP contribution in [0.3, 0.4) is 0 Å². The molecule has 0 saturated heterocycles. The van der Waals surface area contributed by atoms with Crippen molar-refractivity contribution < 1.29 is 4.79 Å². The highest BCUT2D eigenvalue weighted by Crippen LogP contribution is 2.47. The van der Waals surface area contributed by atoms with Gasteiger partial charge in [-0.3, -0.25) is 9.78 Å². The number of nitrogens with one attached hydrogen (secondary N) is 1. The first kappa shape index (κ1) is 20.3. The third kappa shape index (κ3) is 4.45. The molecule has 0 bridgehead atoms. The van der Waals surface area contributed by atoms with E-state index in [1.165, 1.54) is 12.8 Å². The van der Waals surface area contributed by atoms with Gasteiger partial charge in [0, 0.05) is 29.6 Å². The molecule has 3 N–H and O–H groups in total. The number of nitrogens with two attached hydrogens (primary N) is 1. The lowest BCUT2D eigenvalue weighted by molar-refractivity contribution is -0.124. The van der Waals surface area contributed by atoms with Gasteiger partial charge in [0.25, 0.3) is 0 Å². The van der Waals surface area contributed by atoms with Crippen molar-refractivity contribution in [1.82, 2.24) is 15.3 Å². The van der Waals surface area contributed by atoms with E-state index >= 15 is 0 Å². The number of rotatable bonds is 7. The quantitative estimate of drug-likeness (QED) is 0.602. The van der Waals surface area contributed by atoms with Crippen molar-refractivity contribution in [3.63, 3.8) is 0 Å². The van der Waals surface area contributed by atoms with Gasteiger partial charge in [-0.25, -0.2) is 4.98 Å². The minimum Gasteiger partial charge on any atom is -0.383 e. The Morgan fingerprint density at radius 1 is 1.27 bits per heavy atom. The standard InChI is InChI=1S/C25H30N4O/c1-16-5-4-11-27-22(16)18-6-7-21-19(14-18)15-20(23(26)29-21)13-17(2)24(30)28-12-10-25(3)8-9-25/h4-7,11,14-15,17H,8-10,12-13H2,1-3H3,(H2,26,29)(H,28,30). The SMILES string of the molecule is Cc1cccnc1-c1ccc2nc(N)c(CC(C)C(=O)NCCC3(C)CC3)cc2c1. The molecule has 2 heterocycles. The van der Waals surface area contributed by atoms with Crippen LogP contribution in [0.5, 0.6) is 0 Å². The lowest BCUT2D eigenvalue weighted by atomic mass is 9.98. The zero-order valence-corrected chi connectivity index (χ0v) is 18.0. The van der Waals surface area contributed by atoms with E-state index < -0.39 is 0 Å². The molecule has 156 valence electrons. The summed E-state index contributed by atoms with van der Waals surface area (Å²) >= 11 is 0. The molecular weight excluding hydrogens is 372 g/mol. The van der Waals surface area contributed by atoms with Crippen molar-refractivity contribution in [3.8, 4) is 11.3 Å². The number of hydrogen-bond donors (Lipinski definition) is 2. The Bertz CT molecular complexity index is 1090. The Kier molecular flexibility index (Phi) is 5.46. The van der Waals surface area contributed by atoms with Gasteiger partial charge in [0.15, 0.2) is 0 Å². The number of pyridine rings is 2. The molecule has 30 heavy (non-hydrogen) atoms. The van der Waals surface area contributed by atoms with Crippen LogP contribution < -0.4 is 11.1 Å². The lowest BCUT2D eigenvalue weighted by Crippen LogP contribution is -2.32. The van der Waals surface area contributed by atoms with Crippen LogP contribution in [-0.4, -0.2) is 22.4 Å². The number of anilines is 1. The second kappa shape index (κ2) is 8.05. The number of carbonyl (C=O) groups excluding carboxylic acids is 1. The van der Waals surface area contributed by atoms with Gasteiger partial charge in [-0.15, -0.1) is 0 Å². The molecule has 1 saturated carbocycles. The van der Waals surface area contributed by atoms with E-state index in [9.17, 15) is 4.79 Å². The summed E-state index contributed by atoms with van der Waals surface area (Å²) in [4.78, 5) is 21.6. The number of carbonyl (C=O) groups is 1. The van der Waals surface area contributed by atoms with Crippen LogP contribution in [-0.2, 0) is 11.2 Å². The molecule has 1 fully saturated rings. The van der Waals surface area contributed by atoms with E-state index in [4.69, 9.17) is 5.73 Å². The van der Waals surface area contributed by atoms with E-state index in [1.807, 2.05) is 31.3 Å². The fraction of sp³-hybridized carbons (Fsp3) is 0.400. The number of benzene rings is 1. The van der Waals surface area contributed by atoms with Gasteiger partial charge in [-0.05, 0) is 73.4 Å². The van der Waals surface area contributed by atoms with Crippen LogP contribution in [0.2, 0.25) is 0 Å². The number of amides is 1. The molecule has 5 heteroatoms. The van der Waals surface area contributed by atoms with Gasteiger partial charge in [0.1, 0.15) is 5.82 Å². The Balaban J connectivity index is 1.51. The highest BCUT2D eigenvalue weighted by atomic mass is 16.1. The van der Waals surface area contributed by atoms with Gasteiger partial charge in [-0.2, -0.15) is 0 Å². The summed E-state index contributed by atoms with van der Waals surface area (Å²) in [6, 6.07) is 12.2. The molecule has 1 aromatic carbocycles. The van der Waals surface area contributed by atoms with Crippen LogP contribution in [0.25, 0.3) is 22.2 Å². The second-order valence-electron chi connectivity index (χ2n) is 9.07. The fourth-order valence-electron chi connectivity index (χ4n) is 3.88. The van der Waals surface area contributed by atoms with E-state index in [-0.39, 0.29) is 11.8 Å². The van der Waals surface area contributed by atoms with Crippen LogP contribution >= 0.6 is 0 Å². The topological polar surface area (TPSA) is 80.9 Å². The number of hydrogen-bond acceptors (Lipinski definition) is 4. The highest BCUT2D eigenvalue weighted by molar-refractivity contribution is 5.86. The lowest BCUT2D eigenvalue weighted by Gasteiger charge is -2.15. The normalized spacial score (nSPS) is 15.7. The molecule has 4 rings (SSSR count). The summed E-state index contributed by atoms with van der Waals surface area (Å²) in [5.74, 6) is 0.422. The maximum absolute atomic E-state index is 12.5. The average molecular weight is 403 g/mol. The average Bonchev–Trinajstić information content (AvgIpc) is 3.45.